The van der Waals surface area contributed by atoms with E-state index in [9.17, 15) is 14.4 Å². The second-order valence-electron chi connectivity index (χ2n) is 7.29. The Morgan fingerprint density at radius 2 is 1.81 bits per heavy atom. The second kappa shape index (κ2) is 7.51. The van der Waals surface area contributed by atoms with Gasteiger partial charge in [0.1, 0.15) is 5.82 Å². The van der Waals surface area contributed by atoms with E-state index in [1.165, 1.54) is 6.07 Å². The highest BCUT2D eigenvalue weighted by atomic mass is 16.2. The molecular formula is C19H24N4O3. The van der Waals surface area contributed by atoms with Gasteiger partial charge in [-0.25, -0.2) is 4.98 Å². The van der Waals surface area contributed by atoms with Gasteiger partial charge in [-0.2, -0.15) is 0 Å². The van der Waals surface area contributed by atoms with E-state index in [1.54, 1.807) is 6.07 Å². The summed E-state index contributed by atoms with van der Waals surface area (Å²) < 4.78 is 0. The Hall–Kier alpha value is -2.96. The van der Waals surface area contributed by atoms with Gasteiger partial charge in [0.05, 0.1) is 12.2 Å². The zero-order valence-electron chi connectivity index (χ0n) is 15.7. The summed E-state index contributed by atoms with van der Waals surface area (Å²) in [4.78, 5) is 42.9. The number of hydrogen-bond acceptors (Lipinski definition) is 4. The molecule has 0 radical (unpaired) electrons. The molecule has 0 aliphatic heterocycles. The van der Waals surface area contributed by atoms with Gasteiger partial charge in [-0.3, -0.25) is 14.4 Å². The highest BCUT2D eigenvalue weighted by Crippen LogP contribution is 2.17. The van der Waals surface area contributed by atoms with Gasteiger partial charge in [0.15, 0.2) is 0 Å². The van der Waals surface area contributed by atoms with Crippen LogP contribution in [0.2, 0.25) is 0 Å². The molecular weight excluding hydrogens is 332 g/mol. The summed E-state index contributed by atoms with van der Waals surface area (Å²) in [6.07, 6.45) is 0. The van der Waals surface area contributed by atoms with Crippen molar-refractivity contribution in [1.29, 1.82) is 0 Å². The Bertz CT molecular complexity index is 894. The molecule has 26 heavy (non-hydrogen) atoms. The Morgan fingerprint density at radius 3 is 2.46 bits per heavy atom. The zero-order valence-corrected chi connectivity index (χ0v) is 15.7. The van der Waals surface area contributed by atoms with E-state index in [2.05, 4.69) is 20.6 Å². The summed E-state index contributed by atoms with van der Waals surface area (Å²) >= 11 is 0. The topological polar surface area (TPSA) is 104 Å². The van der Waals surface area contributed by atoms with Gasteiger partial charge in [-0.15, -0.1) is 0 Å². The first-order valence-corrected chi connectivity index (χ1v) is 8.33. The van der Waals surface area contributed by atoms with Gasteiger partial charge in [0, 0.05) is 17.2 Å². The third-order valence-corrected chi connectivity index (χ3v) is 3.78. The van der Waals surface area contributed by atoms with Crippen molar-refractivity contribution in [2.75, 3.05) is 5.32 Å². The maximum Gasteiger partial charge on any atom is 0.313 e. The van der Waals surface area contributed by atoms with Crippen LogP contribution in [-0.2, 0) is 21.5 Å². The molecule has 1 heterocycles. The predicted molar refractivity (Wildman–Crippen MR) is 100.0 cm³/mol. The summed E-state index contributed by atoms with van der Waals surface area (Å²) in [7, 11) is 0. The van der Waals surface area contributed by atoms with Gasteiger partial charge in [0.25, 0.3) is 5.56 Å². The smallest absolute Gasteiger partial charge is 0.313 e. The van der Waals surface area contributed by atoms with Crippen LogP contribution in [0, 0.1) is 13.8 Å². The molecule has 2 rings (SSSR count). The predicted octanol–water partition coefficient (Wildman–Crippen LogP) is 1.94. The minimum Gasteiger partial charge on any atom is -0.342 e. The van der Waals surface area contributed by atoms with E-state index in [0.29, 0.717) is 17.2 Å². The molecule has 1 aromatic carbocycles. The average Bonchev–Trinajstić information content (AvgIpc) is 2.54. The fraction of sp³-hybridized carbons (Fsp3) is 0.368. The van der Waals surface area contributed by atoms with Crippen LogP contribution in [0.15, 0.2) is 29.1 Å². The number of nitrogens with zero attached hydrogens (tertiary/aromatic N) is 1. The molecule has 1 aromatic heterocycles. The molecule has 0 fully saturated rings. The molecule has 0 aliphatic rings. The molecule has 2 aromatic rings. The molecule has 2 amide bonds. The second-order valence-corrected chi connectivity index (χ2v) is 7.29. The molecule has 0 saturated carbocycles. The normalized spacial score (nSPS) is 11.1. The molecule has 0 saturated heterocycles. The molecule has 138 valence electrons. The number of hydrogen-bond donors (Lipinski definition) is 3. The van der Waals surface area contributed by atoms with Gasteiger partial charge in [-0.1, -0.05) is 32.9 Å². The van der Waals surface area contributed by atoms with Gasteiger partial charge in [0.2, 0.25) is 0 Å². The lowest BCUT2D eigenvalue weighted by Gasteiger charge is -2.17. The van der Waals surface area contributed by atoms with Crippen molar-refractivity contribution >= 4 is 17.5 Å². The number of nitrogens with one attached hydrogen (secondary N) is 3. The molecule has 7 nitrogen and oxygen atoms in total. The maximum absolute atomic E-state index is 12.1. The van der Waals surface area contributed by atoms with Gasteiger partial charge in [-0.05, 0) is 31.0 Å². The fourth-order valence-corrected chi connectivity index (χ4v) is 2.25. The first-order chi connectivity index (χ1) is 12.1. The molecule has 0 aliphatic carbocycles. The van der Waals surface area contributed by atoms with Gasteiger partial charge >= 0.3 is 11.8 Å². The van der Waals surface area contributed by atoms with E-state index in [4.69, 9.17) is 0 Å². The van der Waals surface area contributed by atoms with Crippen LogP contribution in [0.25, 0.3) is 0 Å². The number of rotatable bonds is 3. The molecule has 0 unspecified atom stereocenters. The minimum atomic E-state index is -0.787. The summed E-state index contributed by atoms with van der Waals surface area (Å²) in [5.41, 5.74) is 2.20. The zero-order chi connectivity index (χ0) is 19.5. The van der Waals surface area contributed by atoms with E-state index >= 15 is 0 Å². The highest BCUT2D eigenvalue weighted by molar-refractivity contribution is 6.39. The number of carbonyl (C=O) groups excluding carboxylic acids is 2. The Labute approximate surface area is 152 Å². The Kier molecular flexibility index (Phi) is 5.59. The van der Waals surface area contributed by atoms with Crippen LogP contribution in [0.3, 0.4) is 0 Å². The number of aryl methyl sites for hydroxylation is 2. The van der Waals surface area contributed by atoms with Crippen molar-refractivity contribution in [3.63, 3.8) is 0 Å². The van der Waals surface area contributed by atoms with Crippen LogP contribution in [0.4, 0.5) is 5.69 Å². The quantitative estimate of drug-likeness (QED) is 0.731. The van der Waals surface area contributed by atoms with Crippen LogP contribution in [0.1, 0.15) is 43.4 Å². The fourth-order valence-electron chi connectivity index (χ4n) is 2.25. The molecule has 0 atom stereocenters. The van der Waals surface area contributed by atoms with Crippen molar-refractivity contribution in [3.8, 4) is 0 Å². The monoisotopic (exact) mass is 356 g/mol. The van der Waals surface area contributed by atoms with Crippen LogP contribution < -0.4 is 16.2 Å². The molecule has 0 bridgehead atoms. The van der Waals surface area contributed by atoms with Gasteiger partial charge < -0.3 is 15.6 Å². The lowest BCUT2D eigenvalue weighted by molar-refractivity contribution is -0.136. The summed E-state index contributed by atoms with van der Waals surface area (Å²) in [6, 6.07) is 6.90. The highest BCUT2D eigenvalue weighted by Gasteiger charge is 2.19. The number of H-pyrrole nitrogens is 1. The van der Waals surface area contributed by atoms with Crippen molar-refractivity contribution in [3.05, 3.63) is 57.3 Å². The lowest BCUT2D eigenvalue weighted by atomic mass is 9.95. The van der Waals surface area contributed by atoms with Crippen LogP contribution in [-0.4, -0.2) is 21.8 Å². The van der Waals surface area contributed by atoms with Crippen molar-refractivity contribution in [2.45, 2.75) is 46.6 Å². The standard InChI is InChI=1S/C19H24N4O3/c1-11-6-7-12(2)14(8-11)22-17(26)16(25)20-10-13-9-15(24)23-18(21-13)19(3,4)5/h6-9H,10H2,1-5H3,(H,20,25)(H,22,26)(H,21,23,24). The number of carbonyl (C=O) groups is 2. The van der Waals surface area contributed by atoms with Crippen molar-refractivity contribution in [1.82, 2.24) is 15.3 Å². The summed E-state index contributed by atoms with van der Waals surface area (Å²) in [5, 5.41) is 5.09. The number of aromatic nitrogens is 2. The third kappa shape index (κ3) is 5.02. The van der Waals surface area contributed by atoms with Crippen LogP contribution >= 0.6 is 0 Å². The van der Waals surface area contributed by atoms with Crippen molar-refractivity contribution < 1.29 is 9.59 Å². The number of benzene rings is 1. The number of anilines is 1. The average molecular weight is 356 g/mol. The largest absolute Gasteiger partial charge is 0.342 e. The first-order valence-electron chi connectivity index (χ1n) is 8.33. The first kappa shape index (κ1) is 19.4. The Morgan fingerprint density at radius 1 is 1.12 bits per heavy atom. The van der Waals surface area contributed by atoms with E-state index < -0.39 is 11.8 Å². The molecule has 0 spiro atoms. The van der Waals surface area contributed by atoms with E-state index in [1.807, 2.05) is 46.8 Å². The SMILES string of the molecule is Cc1ccc(C)c(NC(=O)C(=O)NCc2cc(=O)[nH]c(C(C)(C)C)n2)c1. The van der Waals surface area contributed by atoms with E-state index in [0.717, 1.165) is 11.1 Å². The maximum atomic E-state index is 12.1. The summed E-state index contributed by atoms with van der Waals surface area (Å²) in [5.74, 6) is -1.03. The van der Waals surface area contributed by atoms with Crippen molar-refractivity contribution in [2.24, 2.45) is 0 Å². The lowest BCUT2D eigenvalue weighted by Crippen LogP contribution is -2.36. The Balaban J connectivity index is 2.04. The third-order valence-electron chi connectivity index (χ3n) is 3.78. The van der Waals surface area contributed by atoms with Crippen LogP contribution in [0.5, 0.6) is 0 Å². The number of aromatic amines is 1. The van der Waals surface area contributed by atoms with E-state index in [-0.39, 0.29) is 17.5 Å². The summed E-state index contributed by atoms with van der Waals surface area (Å²) in [6.45, 7) is 9.51. The molecule has 3 N–H and O–H groups in total. The minimum absolute atomic E-state index is 0.00788. The number of amides is 2. The molecule has 7 heteroatoms.